The van der Waals surface area contributed by atoms with Crippen molar-refractivity contribution in [2.45, 2.75) is 0 Å². The van der Waals surface area contributed by atoms with Crippen LogP contribution in [0.25, 0.3) is 17.0 Å². The van der Waals surface area contributed by atoms with E-state index in [0.717, 1.165) is 0 Å². The molecule has 5 nitrogen and oxygen atoms in total. The maximum atomic E-state index is 13.6. The second-order valence-corrected chi connectivity index (χ2v) is 3.94. The van der Waals surface area contributed by atoms with Gasteiger partial charge in [0.1, 0.15) is 5.82 Å². The quantitative estimate of drug-likeness (QED) is 0.764. The summed E-state index contributed by atoms with van der Waals surface area (Å²) in [5, 5.41) is 13.0. The maximum absolute atomic E-state index is 13.6. The second-order valence-electron chi connectivity index (χ2n) is 3.94. The number of carbonyl (C=O) groups is 1. The molecular formula is C13H8FN3O2. The van der Waals surface area contributed by atoms with Crippen LogP contribution in [0.5, 0.6) is 0 Å². The molecule has 0 fully saturated rings. The molecular weight excluding hydrogens is 249 g/mol. The van der Waals surface area contributed by atoms with Gasteiger partial charge in [0, 0.05) is 6.20 Å². The first-order valence-electron chi connectivity index (χ1n) is 5.50. The molecule has 0 amide bonds. The van der Waals surface area contributed by atoms with Crippen LogP contribution in [0.15, 0.2) is 42.6 Å². The molecule has 3 aromatic rings. The monoisotopic (exact) mass is 257 g/mol. The molecule has 0 bridgehead atoms. The van der Waals surface area contributed by atoms with Crippen molar-refractivity contribution in [1.29, 1.82) is 0 Å². The Balaban J connectivity index is 2.17. The van der Waals surface area contributed by atoms with Gasteiger partial charge in [-0.3, -0.25) is 0 Å². The van der Waals surface area contributed by atoms with Crippen molar-refractivity contribution >= 4 is 11.6 Å². The van der Waals surface area contributed by atoms with Crippen LogP contribution in [0.3, 0.4) is 0 Å². The van der Waals surface area contributed by atoms with Crippen molar-refractivity contribution in [3.63, 3.8) is 0 Å². The largest absolute Gasteiger partial charge is 0.478 e. The van der Waals surface area contributed by atoms with Gasteiger partial charge in [-0.25, -0.2) is 18.7 Å². The first kappa shape index (κ1) is 11.3. The summed E-state index contributed by atoms with van der Waals surface area (Å²) in [5.41, 5.74) is 0.837. The number of hydrogen-bond acceptors (Lipinski definition) is 3. The molecule has 1 aromatic carbocycles. The summed E-state index contributed by atoms with van der Waals surface area (Å²) in [7, 11) is 0. The van der Waals surface area contributed by atoms with E-state index in [4.69, 9.17) is 5.11 Å². The first-order chi connectivity index (χ1) is 9.15. The number of rotatable bonds is 2. The summed E-state index contributed by atoms with van der Waals surface area (Å²) >= 11 is 0. The van der Waals surface area contributed by atoms with Gasteiger partial charge in [0.25, 0.3) is 0 Å². The fraction of sp³-hybridized carbons (Fsp3) is 0. The zero-order valence-electron chi connectivity index (χ0n) is 9.62. The van der Waals surface area contributed by atoms with Gasteiger partial charge >= 0.3 is 5.97 Å². The van der Waals surface area contributed by atoms with Gasteiger partial charge in [-0.1, -0.05) is 12.1 Å². The molecule has 0 aliphatic rings. The summed E-state index contributed by atoms with van der Waals surface area (Å²) in [6, 6.07) is 9.12. The smallest absolute Gasteiger partial charge is 0.337 e. The molecule has 0 saturated heterocycles. The number of hydrogen-bond donors (Lipinski definition) is 1. The van der Waals surface area contributed by atoms with Crippen molar-refractivity contribution in [1.82, 2.24) is 14.6 Å². The number of pyridine rings is 1. The Morgan fingerprint density at radius 2 is 2.00 bits per heavy atom. The fourth-order valence-corrected chi connectivity index (χ4v) is 1.77. The predicted octanol–water partition coefficient (Wildman–Crippen LogP) is 2.23. The Bertz CT molecular complexity index is 782. The van der Waals surface area contributed by atoms with Gasteiger partial charge in [-0.15, -0.1) is 5.10 Å². The third-order valence-electron chi connectivity index (χ3n) is 2.69. The fourth-order valence-electron chi connectivity index (χ4n) is 1.77. The number of benzene rings is 1. The molecule has 0 unspecified atom stereocenters. The van der Waals surface area contributed by atoms with Gasteiger partial charge < -0.3 is 5.11 Å². The van der Waals surface area contributed by atoms with Crippen LogP contribution in [0.4, 0.5) is 4.39 Å². The minimum Gasteiger partial charge on any atom is -0.478 e. The molecule has 3 rings (SSSR count). The van der Waals surface area contributed by atoms with Gasteiger partial charge in [-0.05, 0) is 24.3 Å². The Morgan fingerprint density at radius 1 is 1.21 bits per heavy atom. The summed E-state index contributed by atoms with van der Waals surface area (Å²) in [6.07, 6.45) is 1.34. The van der Waals surface area contributed by atoms with Crippen molar-refractivity contribution in [3.05, 3.63) is 54.0 Å². The Labute approximate surface area is 107 Å². The lowest BCUT2D eigenvalue weighted by atomic mass is 10.2. The minimum absolute atomic E-state index is 0.0949. The summed E-state index contributed by atoms with van der Waals surface area (Å²) in [4.78, 5) is 15.0. The van der Waals surface area contributed by atoms with Crippen molar-refractivity contribution in [2.24, 2.45) is 0 Å². The number of aromatic nitrogens is 3. The molecule has 0 saturated carbocycles. The van der Waals surface area contributed by atoms with Crippen LogP contribution in [0.1, 0.15) is 10.4 Å². The van der Waals surface area contributed by atoms with Crippen LogP contribution in [-0.4, -0.2) is 25.7 Å². The standard InChI is InChI=1S/C13H8FN3O2/c14-10-4-2-1-3-9(10)12-15-11-6-5-8(13(18)19)7-17(11)16-12/h1-7H,(H,18,19). The normalized spacial score (nSPS) is 10.8. The summed E-state index contributed by atoms with van der Waals surface area (Å²) < 4.78 is 15.0. The highest BCUT2D eigenvalue weighted by Gasteiger charge is 2.11. The molecule has 0 aliphatic heterocycles. The Kier molecular flexibility index (Phi) is 2.49. The van der Waals surface area contributed by atoms with Crippen molar-refractivity contribution in [2.75, 3.05) is 0 Å². The van der Waals surface area contributed by atoms with E-state index in [-0.39, 0.29) is 17.0 Å². The van der Waals surface area contributed by atoms with Crippen LogP contribution in [-0.2, 0) is 0 Å². The molecule has 94 valence electrons. The number of aromatic carboxylic acids is 1. The van der Waals surface area contributed by atoms with E-state index in [0.29, 0.717) is 5.65 Å². The lowest BCUT2D eigenvalue weighted by Crippen LogP contribution is -1.99. The molecule has 19 heavy (non-hydrogen) atoms. The van der Waals surface area contributed by atoms with Gasteiger partial charge in [-0.2, -0.15) is 0 Å². The SMILES string of the molecule is O=C(O)c1ccc2nc(-c3ccccc3F)nn2c1. The lowest BCUT2D eigenvalue weighted by Gasteiger charge is -1.95. The van der Waals surface area contributed by atoms with E-state index < -0.39 is 11.8 Å². The van der Waals surface area contributed by atoms with E-state index >= 15 is 0 Å². The lowest BCUT2D eigenvalue weighted by molar-refractivity contribution is 0.0696. The molecule has 1 N–H and O–H groups in total. The average Bonchev–Trinajstić information content (AvgIpc) is 2.81. The predicted molar refractivity (Wildman–Crippen MR) is 65.3 cm³/mol. The summed E-state index contributed by atoms with van der Waals surface area (Å²) in [6.45, 7) is 0. The number of fused-ring (bicyclic) bond motifs is 1. The number of nitrogens with zero attached hydrogens (tertiary/aromatic N) is 3. The van der Waals surface area contributed by atoms with E-state index in [2.05, 4.69) is 10.1 Å². The Hall–Kier alpha value is -2.76. The van der Waals surface area contributed by atoms with E-state index in [9.17, 15) is 9.18 Å². The van der Waals surface area contributed by atoms with Crippen molar-refractivity contribution < 1.29 is 14.3 Å². The zero-order valence-corrected chi connectivity index (χ0v) is 9.62. The van der Waals surface area contributed by atoms with Gasteiger partial charge in [0.2, 0.25) is 0 Å². The molecule has 0 aliphatic carbocycles. The molecule has 6 heteroatoms. The van der Waals surface area contributed by atoms with Gasteiger partial charge in [0.15, 0.2) is 11.5 Å². The zero-order chi connectivity index (χ0) is 13.4. The molecule has 2 aromatic heterocycles. The number of halogens is 1. The molecule has 2 heterocycles. The molecule has 0 atom stereocenters. The highest BCUT2D eigenvalue weighted by atomic mass is 19.1. The van der Waals surface area contributed by atoms with E-state index in [1.54, 1.807) is 18.2 Å². The van der Waals surface area contributed by atoms with Crippen molar-refractivity contribution in [3.8, 4) is 11.4 Å². The third kappa shape index (κ3) is 1.93. The maximum Gasteiger partial charge on any atom is 0.337 e. The van der Waals surface area contributed by atoms with E-state index in [1.807, 2.05) is 0 Å². The highest BCUT2D eigenvalue weighted by Crippen LogP contribution is 2.19. The molecule has 0 spiro atoms. The Morgan fingerprint density at radius 3 is 2.74 bits per heavy atom. The third-order valence-corrected chi connectivity index (χ3v) is 2.69. The van der Waals surface area contributed by atoms with Crippen LogP contribution < -0.4 is 0 Å². The van der Waals surface area contributed by atoms with Crippen LogP contribution in [0.2, 0.25) is 0 Å². The van der Waals surface area contributed by atoms with Crippen LogP contribution >= 0.6 is 0 Å². The minimum atomic E-state index is -1.05. The number of carboxylic acid groups (broad SMARTS) is 1. The average molecular weight is 257 g/mol. The molecule has 0 radical (unpaired) electrons. The summed E-state index contributed by atoms with van der Waals surface area (Å²) in [5.74, 6) is -1.25. The van der Waals surface area contributed by atoms with Gasteiger partial charge in [0.05, 0.1) is 11.1 Å². The van der Waals surface area contributed by atoms with Crippen LogP contribution in [0, 0.1) is 5.82 Å². The highest BCUT2D eigenvalue weighted by molar-refractivity contribution is 5.87. The number of carboxylic acids is 1. The first-order valence-corrected chi connectivity index (χ1v) is 5.50. The topological polar surface area (TPSA) is 67.5 Å². The van der Waals surface area contributed by atoms with E-state index in [1.165, 1.54) is 28.9 Å². The second kappa shape index (κ2) is 4.16.